The number of halogens is 2. The summed E-state index contributed by atoms with van der Waals surface area (Å²) in [5.74, 6) is -0.877. The molecule has 0 fully saturated rings. The van der Waals surface area contributed by atoms with Gasteiger partial charge in [-0.2, -0.15) is 5.10 Å². The summed E-state index contributed by atoms with van der Waals surface area (Å²) in [6.07, 6.45) is 0. The Hall–Kier alpha value is -1.53. The zero-order valence-corrected chi connectivity index (χ0v) is 13.9. The van der Waals surface area contributed by atoms with Crippen molar-refractivity contribution in [3.63, 3.8) is 0 Å². The molecule has 0 atom stereocenters. The second kappa shape index (κ2) is 6.49. The number of aryl methyl sites for hydroxylation is 2. The van der Waals surface area contributed by atoms with Gasteiger partial charge in [0.1, 0.15) is 17.9 Å². The van der Waals surface area contributed by atoms with E-state index in [-0.39, 0.29) is 22.9 Å². The minimum atomic E-state index is -1.12. The third kappa shape index (κ3) is 3.22. The minimum absolute atomic E-state index is 0.0328. The summed E-state index contributed by atoms with van der Waals surface area (Å²) < 4.78 is 8.32. The van der Waals surface area contributed by atoms with Gasteiger partial charge in [-0.25, -0.2) is 4.79 Å². The number of aromatic carboxylic acids is 1. The van der Waals surface area contributed by atoms with Crippen LogP contribution in [0, 0.1) is 6.92 Å². The summed E-state index contributed by atoms with van der Waals surface area (Å²) in [4.78, 5) is 11.3. The Morgan fingerprint density at radius 3 is 2.86 bits per heavy atom. The Morgan fingerprint density at radius 2 is 2.24 bits per heavy atom. The third-order valence-corrected chi connectivity index (χ3v) is 4.35. The van der Waals surface area contributed by atoms with Crippen molar-refractivity contribution in [2.24, 2.45) is 0 Å². The first-order chi connectivity index (χ1) is 9.95. The van der Waals surface area contributed by atoms with E-state index in [1.54, 1.807) is 12.1 Å². The first-order valence-corrected chi connectivity index (χ1v) is 7.49. The van der Waals surface area contributed by atoms with Crippen molar-refractivity contribution in [3.8, 4) is 5.75 Å². The van der Waals surface area contributed by atoms with Crippen molar-refractivity contribution in [2.75, 3.05) is 0 Å². The van der Waals surface area contributed by atoms with Gasteiger partial charge >= 0.3 is 5.97 Å². The number of carboxylic acid groups (broad SMARTS) is 1. The number of rotatable bonds is 5. The monoisotopic (exact) mass is 372 g/mol. The lowest BCUT2D eigenvalue weighted by Gasteiger charge is -2.11. The van der Waals surface area contributed by atoms with Crippen LogP contribution in [0.2, 0.25) is 5.02 Å². The lowest BCUT2D eigenvalue weighted by molar-refractivity contribution is 0.0692. The van der Waals surface area contributed by atoms with Gasteiger partial charge in [0.25, 0.3) is 0 Å². The average molecular weight is 374 g/mol. The average Bonchev–Trinajstić information content (AvgIpc) is 2.71. The van der Waals surface area contributed by atoms with Crippen LogP contribution in [0.5, 0.6) is 5.75 Å². The number of carbonyl (C=O) groups is 1. The molecular weight excluding hydrogens is 360 g/mol. The molecule has 1 aromatic heterocycles. The normalized spacial score (nSPS) is 10.7. The maximum Gasteiger partial charge on any atom is 0.341 e. The van der Waals surface area contributed by atoms with Crippen LogP contribution in [0.4, 0.5) is 0 Å². The SMILES string of the molecule is CCn1nc(C)c(Br)c1COc1cccc(Cl)c1C(=O)O. The maximum atomic E-state index is 11.3. The third-order valence-electron chi connectivity index (χ3n) is 3.01. The van der Waals surface area contributed by atoms with E-state index in [2.05, 4.69) is 21.0 Å². The van der Waals surface area contributed by atoms with Crippen molar-refractivity contribution in [2.45, 2.75) is 27.0 Å². The lowest BCUT2D eigenvalue weighted by Crippen LogP contribution is -2.09. The smallest absolute Gasteiger partial charge is 0.341 e. The van der Waals surface area contributed by atoms with Gasteiger partial charge in [-0.05, 0) is 41.9 Å². The summed E-state index contributed by atoms with van der Waals surface area (Å²) >= 11 is 9.38. The number of hydrogen-bond donors (Lipinski definition) is 1. The van der Waals surface area contributed by atoms with E-state index >= 15 is 0 Å². The first kappa shape index (κ1) is 15.9. The molecule has 0 saturated carbocycles. The fourth-order valence-corrected chi connectivity index (χ4v) is 2.63. The van der Waals surface area contributed by atoms with Crippen LogP contribution in [-0.2, 0) is 13.2 Å². The summed E-state index contributed by atoms with van der Waals surface area (Å²) in [5.41, 5.74) is 1.68. The van der Waals surface area contributed by atoms with Gasteiger partial charge in [-0.15, -0.1) is 0 Å². The van der Waals surface area contributed by atoms with Crippen molar-refractivity contribution in [1.29, 1.82) is 0 Å². The lowest BCUT2D eigenvalue weighted by atomic mass is 10.2. The molecule has 0 spiro atoms. The predicted molar refractivity (Wildman–Crippen MR) is 83.1 cm³/mol. The van der Waals surface area contributed by atoms with Gasteiger partial charge < -0.3 is 9.84 Å². The highest BCUT2D eigenvalue weighted by Crippen LogP contribution is 2.28. The summed E-state index contributed by atoms with van der Waals surface area (Å²) in [5, 5.41) is 13.7. The van der Waals surface area contributed by atoms with Crippen molar-refractivity contribution in [1.82, 2.24) is 9.78 Å². The van der Waals surface area contributed by atoms with Gasteiger partial charge in [-0.3, -0.25) is 4.68 Å². The molecule has 112 valence electrons. The molecule has 0 saturated heterocycles. The van der Waals surface area contributed by atoms with Crippen LogP contribution in [0.25, 0.3) is 0 Å². The molecular formula is C14H14BrClN2O3. The predicted octanol–water partition coefficient (Wildman–Crippen LogP) is 3.90. The molecule has 21 heavy (non-hydrogen) atoms. The molecule has 0 amide bonds. The van der Waals surface area contributed by atoms with Crippen LogP contribution < -0.4 is 4.74 Å². The van der Waals surface area contributed by atoms with Crippen LogP contribution in [0.3, 0.4) is 0 Å². The van der Waals surface area contributed by atoms with Gasteiger partial charge in [-0.1, -0.05) is 17.7 Å². The number of aromatic nitrogens is 2. The zero-order valence-electron chi connectivity index (χ0n) is 11.6. The van der Waals surface area contributed by atoms with E-state index in [0.29, 0.717) is 6.54 Å². The van der Waals surface area contributed by atoms with Gasteiger partial charge in [0, 0.05) is 6.54 Å². The molecule has 1 N–H and O–H groups in total. The van der Waals surface area contributed by atoms with E-state index in [1.165, 1.54) is 6.07 Å². The van der Waals surface area contributed by atoms with Gasteiger partial charge in [0.2, 0.25) is 0 Å². The fraction of sp³-hybridized carbons (Fsp3) is 0.286. The number of carboxylic acids is 1. The van der Waals surface area contributed by atoms with Crippen molar-refractivity contribution >= 4 is 33.5 Å². The highest BCUT2D eigenvalue weighted by Gasteiger charge is 2.18. The number of benzene rings is 1. The molecule has 2 aromatic rings. The van der Waals surface area contributed by atoms with Crippen LogP contribution in [0.1, 0.15) is 28.7 Å². The first-order valence-electron chi connectivity index (χ1n) is 6.32. The van der Waals surface area contributed by atoms with E-state index < -0.39 is 5.97 Å². The largest absolute Gasteiger partial charge is 0.486 e. The Bertz CT molecular complexity index is 685. The number of nitrogens with zero attached hydrogens (tertiary/aromatic N) is 2. The van der Waals surface area contributed by atoms with Crippen LogP contribution >= 0.6 is 27.5 Å². The summed E-state index contributed by atoms with van der Waals surface area (Å²) in [6, 6.07) is 4.76. The van der Waals surface area contributed by atoms with Crippen LogP contribution in [0.15, 0.2) is 22.7 Å². The highest BCUT2D eigenvalue weighted by molar-refractivity contribution is 9.10. The fourth-order valence-electron chi connectivity index (χ4n) is 1.99. The van der Waals surface area contributed by atoms with Gasteiger partial charge in [0.15, 0.2) is 0 Å². The number of ether oxygens (including phenoxy) is 1. The van der Waals surface area contributed by atoms with Crippen LogP contribution in [-0.4, -0.2) is 20.9 Å². The van der Waals surface area contributed by atoms with E-state index in [4.69, 9.17) is 16.3 Å². The Balaban J connectivity index is 2.29. The quantitative estimate of drug-likeness (QED) is 0.863. The topological polar surface area (TPSA) is 64.4 Å². The maximum absolute atomic E-state index is 11.3. The summed E-state index contributed by atoms with van der Waals surface area (Å²) in [6.45, 7) is 4.77. The molecule has 0 radical (unpaired) electrons. The zero-order chi connectivity index (χ0) is 15.6. The molecule has 1 heterocycles. The molecule has 0 unspecified atom stereocenters. The molecule has 1 aromatic carbocycles. The standard InChI is InChI=1S/C14H14BrClN2O3/c1-3-18-10(13(15)8(2)17-18)7-21-11-6-4-5-9(16)12(11)14(19)20/h4-6H,3,7H2,1-2H3,(H,19,20). The Morgan fingerprint density at radius 1 is 1.52 bits per heavy atom. The molecule has 2 rings (SSSR count). The highest BCUT2D eigenvalue weighted by atomic mass is 79.9. The van der Waals surface area contributed by atoms with Crippen molar-refractivity contribution in [3.05, 3.63) is 44.6 Å². The molecule has 0 aliphatic rings. The molecule has 0 aliphatic carbocycles. The van der Waals surface area contributed by atoms with Gasteiger partial charge in [0.05, 0.1) is 20.9 Å². The summed E-state index contributed by atoms with van der Waals surface area (Å²) in [7, 11) is 0. The Labute approximate surface area is 135 Å². The molecule has 7 heteroatoms. The minimum Gasteiger partial charge on any atom is -0.486 e. The molecule has 5 nitrogen and oxygen atoms in total. The molecule has 0 bridgehead atoms. The van der Waals surface area contributed by atoms with E-state index in [9.17, 15) is 9.90 Å². The van der Waals surface area contributed by atoms with E-state index in [1.807, 2.05) is 18.5 Å². The van der Waals surface area contributed by atoms with E-state index in [0.717, 1.165) is 15.9 Å². The Kier molecular flexibility index (Phi) is 4.90. The number of hydrogen-bond acceptors (Lipinski definition) is 3. The van der Waals surface area contributed by atoms with Crippen molar-refractivity contribution < 1.29 is 14.6 Å². The molecule has 0 aliphatic heterocycles. The second-order valence-corrected chi connectivity index (χ2v) is 5.57. The second-order valence-electron chi connectivity index (χ2n) is 4.37.